The Morgan fingerprint density at radius 2 is 1.13 bits per heavy atom. The SMILES string of the molecule is [CH2]c1c2ccccc2cc2ccccc12. The lowest BCUT2D eigenvalue weighted by atomic mass is 9.98. The zero-order chi connectivity index (χ0) is 10.3. The van der Waals surface area contributed by atoms with E-state index in [2.05, 4.69) is 61.5 Å². The van der Waals surface area contributed by atoms with Gasteiger partial charge in [0, 0.05) is 0 Å². The Bertz CT molecular complexity index is 582. The van der Waals surface area contributed by atoms with E-state index < -0.39 is 0 Å². The zero-order valence-electron chi connectivity index (χ0n) is 8.40. The van der Waals surface area contributed by atoms with Gasteiger partial charge in [-0.2, -0.15) is 0 Å². The number of rotatable bonds is 0. The maximum atomic E-state index is 4.18. The number of hydrogen-bond donors (Lipinski definition) is 0. The third kappa shape index (κ3) is 1.22. The van der Waals surface area contributed by atoms with E-state index in [9.17, 15) is 0 Å². The van der Waals surface area contributed by atoms with Crippen LogP contribution in [0.1, 0.15) is 5.56 Å². The molecule has 0 heteroatoms. The molecular formula is C15H11. The van der Waals surface area contributed by atoms with Crippen molar-refractivity contribution in [3.05, 3.63) is 67.1 Å². The summed E-state index contributed by atoms with van der Waals surface area (Å²) < 4.78 is 0. The van der Waals surface area contributed by atoms with Crippen molar-refractivity contribution in [2.45, 2.75) is 0 Å². The van der Waals surface area contributed by atoms with Crippen LogP contribution in [0.4, 0.5) is 0 Å². The molecule has 3 rings (SSSR count). The molecule has 0 nitrogen and oxygen atoms in total. The standard InChI is InChI=1S/C15H11/c1-11-14-8-4-2-6-12(14)10-13-7-3-5-9-15(11)13/h2-10H,1H2. The minimum atomic E-state index is 1.13. The van der Waals surface area contributed by atoms with Crippen molar-refractivity contribution in [2.75, 3.05) is 0 Å². The van der Waals surface area contributed by atoms with Gasteiger partial charge in [-0.05, 0) is 40.1 Å². The van der Waals surface area contributed by atoms with Gasteiger partial charge in [0.15, 0.2) is 0 Å². The molecule has 0 spiro atoms. The summed E-state index contributed by atoms with van der Waals surface area (Å²) in [6, 6.07) is 19.0. The number of hydrogen-bond acceptors (Lipinski definition) is 0. The molecule has 0 aromatic heterocycles. The molecule has 0 fully saturated rings. The quantitative estimate of drug-likeness (QED) is 0.468. The second-order valence-corrected chi connectivity index (χ2v) is 3.80. The highest BCUT2D eigenvalue weighted by Crippen LogP contribution is 2.27. The fraction of sp³-hybridized carbons (Fsp3) is 0. The lowest BCUT2D eigenvalue weighted by molar-refractivity contribution is 1.71. The lowest BCUT2D eigenvalue weighted by Crippen LogP contribution is -1.81. The Morgan fingerprint density at radius 3 is 1.67 bits per heavy atom. The van der Waals surface area contributed by atoms with Gasteiger partial charge in [-0.3, -0.25) is 0 Å². The fourth-order valence-corrected chi connectivity index (χ4v) is 2.11. The predicted molar refractivity (Wildman–Crippen MR) is 65.9 cm³/mol. The second-order valence-electron chi connectivity index (χ2n) is 3.80. The van der Waals surface area contributed by atoms with Gasteiger partial charge in [0.25, 0.3) is 0 Å². The fourth-order valence-electron chi connectivity index (χ4n) is 2.11. The highest BCUT2D eigenvalue weighted by Gasteiger charge is 2.01. The molecule has 0 aliphatic carbocycles. The Hall–Kier alpha value is -1.82. The molecule has 0 bridgehead atoms. The monoisotopic (exact) mass is 191 g/mol. The maximum absolute atomic E-state index is 4.18. The minimum Gasteiger partial charge on any atom is -0.0616 e. The minimum absolute atomic E-state index is 1.13. The Morgan fingerprint density at radius 1 is 0.667 bits per heavy atom. The first kappa shape index (κ1) is 8.49. The summed E-state index contributed by atoms with van der Waals surface area (Å²) in [5.41, 5.74) is 1.13. The van der Waals surface area contributed by atoms with Crippen LogP contribution < -0.4 is 0 Å². The van der Waals surface area contributed by atoms with Gasteiger partial charge in [0.05, 0.1) is 0 Å². The molecule has 0 atom stereocenters. The molecule has 3 aromatic rings. The van der Waals surface area contributed by atoms with Gasteiger partial charge in [-0.1, -0.05) is 48.5 Å². The van der Waals surface area contributed by atoms with Gasteiger partial charge in [0.1, 0.15) is 0 Å². The van der Waals surface area contributed by atoms with Crippen LogP contribution in [0.25, 0.3) is 21.5 Å². The molecule has 15 heavy (non-hydrogen) atoms. The lowest BCUT2D eigenvalue weighted by Gasteiger charge is -2.06. The van der Waals surface area contributed by atoms with Crippen LogP contribution in [0.15, 0.2) is 54.6 Å². The molecule has 0 saturated carbocycles. The average Bonchev–Trinajstić information content (AvgIpc) is 2.30. The molecule has 0 unspecified atom stereocenters. The van der Waals surface area contributed by atoms with Crippen molar-refractivity contribution in [3.8, 4) is 0 Å². The van der Waals surface area contributed by atoms with Crippen LogP contribution in [0.2, 0.25) is 0 Å². The first-order valence-electron chi connectivity index (χ1n) is 5.09. The topological polar surface area (TPSA) is 0 Å². The highest BCUT2D eigenvalue weighted by atomic mass is 14.1. The molecule has 71 valence electrons. The van der Waals surface area contributed by atoms with E-state index >= 15 is 0 Å². The van der Waals surface area contributed by atoms with E-state index in [4.69, 9.17) is 0 Å². The van der Waals surface area contributed by atoms with Crippen LogP contribution in [0.5, 0.6) is 0 Å². The number of benzene rings is 3. The smallest absolute Gasteiger partial charge is 0.0145 e. The molecule has 3 aromatic carbocycles. The van der Waals surface area contributed by atoms with Crippen molar-refractivity contribution < 1.29 is 0 Å². The first-order chi connectivity index (χ1) is 7.36. The molecule has 0 aliphatic rings. The largest absolute Gasteiger partial charge is 0.0616 e. The second kappa shape index (κ2) is 3.09. The summed E-state index contributed by atoms with van der Waals surface area (Å²) >= 11 is 0. The van der Waals surface area contributed by atoms with Crippen molar-refractivity contribution in [1.29, 1.82) is 0 Å². The van der Waals surface area contributed by atoms with Crippen LogP contribution in [-0.2, 0) is 0 Å². The van der Waals surface area contributed by atoms with Crippen molar-refractivity contribution in [1.82, 2.24) is 0 Å². The van der Waals surface area contributed by atoms with Gasteiger partial charge in [0.2, 0.25) is 0 Å². The van der Waals surface area contributed by atoms with E-state index in [1.54, 1.807) is 0 Å². The zero-order valence-corrected chi connectivity index (χ0v) is 8.40. The summed E-state index contributed by atoms with van der Waals surface area (Å²) in [5, 5.41) is 5.02. The summed E-state index contributed by atoms with van der Waals surface area (Å²) in [6.07, 6.45) is 0. The Labute approximate surface area is 89.2 Å². The summed E-state index contributed by atoms with van der Waals surface area (Å²) in [4.78, 5) is 0. The van der Waals surface area contributed by atoms with Crippen molar-refractivity contribution in [2.24, 2.45) is 0 Å². The van der Waals surface area contributed by atoms with Crippen LogP contribution >= 0.6 is 0 Å². The van der Waals surface area contributed by atoms with Crippen LogP contribution in [-0.4, -0.2) is 0 Å². The molecule has 0 heterocycles. The Kier molecular flexibility index (Phi) is 1.75. The van der Waals surface area contributed by atoms with Crippen LogP contribution in [0, 0.1) is 6.92 Å². The first-order valence-corrected chi connectivity index (χ1v) is 5.09. The molecule has 0 N–H and O–H groups in total. The summed E-state index contributed by atoms with van der Waals surface area (Å²) in [5.74, 6) is 0. The Balaban J connectivity index is 2.60. The molecule has 0 amide bonds. The normalized spacial score (nSPS) is 11.0. The van der Waals surface area contributed by atoms with Crippen molar-refractivity contribution in [3.63, 3.8) is 0 Å². The average molecular weight is 191 g/mol. The number of fused-ring (bicyclic) bond motifs is 2. The molecule has 1 radical (unpaired) electrons. The van der Waals surface area contributed by atoms with E-state index in [0.717, 1.165) is 5.56 Å². The van der Waals surface area contributed by atoms with E-state index in [0.29, 0.717) is 0 Å². The third-order valence-corrected chi connectivity index (χ3v) is 2.88. The molecular weight excluding hydrogens is 180 g/mol. The van der Waals surface area contributed by atoms with E-state index in [1.807, 2.05) is 0 Å². The van der Waals surface area contributed by atoms with Gasteiger partial charge >= 0.3 is 0 Å². The van der Waals surface area contributed by atoms with Crippen LogP contribution in [0.3, 0.4) is 0 Å². The van der Waals surface area contributed by atoms with Crippen molar-refractivity contribution >= 4 is 21.5 Å². The van der Waals surface area contributed by atoms with E-state index in [-0.39, 0.29) is 0 Å². The molecule has 0 saturated heterocycles. The maximum Gasteiger partial charge on any atom is -0.0145 e. The summed E-state index contributed by atoms with van der Waals surface area (Å²) in [7, 11) is 0. The van der Waals surface area contributed by atoms with E-state index in [1.165, 1.54) is 21.5 Å². The highest BCUT2D eigenvalue weighted by molar-refractivity contribution is 6.02. The van der Waals surface area contributed by atoms with Gasteiger partial charge < -0.3 is 0 Å². The third-order valence-electron chi connectivity index (χ3n) is 2.88. The summed E-state index contributed by atoms with van der Waals surface area (Å²) in [6.45, 7) is 4.18. The van der Waals surface area contributed by atoms with Gasteiger partial charge in [-0.25, -0.2) is 0 Å². The van der Waals surface area contributed by atoms with Gasteiger partial charge in [-0.15, -0.1) is 0 Å². The predicted octanol–water partition coefficient (Wildman–Crippen LogP) is 4.18. The molecule has 0 aliphatic heterocycles.